The van der Waals surface area contributed by atoms with Crippen LogP contribution in [0, 0.1) is 5.41 Å². The first kappa shape index (κ1) is 22.8. The molecule has 176 valence electrons. The third kappa shape index (κ3) is 5.01. The number of rotatable bonds is 4. The van der Waals surface area contributed by atoms with Gasteiger partial charge in [0, 0.05) is 18.8 Å². The summed E-state index contributed by atoms with van der Waals surface area (Å²) in [5.74, 6) is 0.662. The zero-order valence-electron chi connectivity index (χ0n) is 19.1. The highest BCUT2D eigenvalue weighted by atomic mass is 19.3. The third-order valence-electron chi connectivity index (χ3n) is 5.92. The van der Waals surface area contributed by atoms with Crippen LogP contribution in [-0.4, -0.2) is 48.0 Å². The van der Waals surface area contributed by atoms with Crippen molar-refractivity contribution in [2.24, 2.45) is 5.41 Å². The molecule has 0 aliphatic heterocycles. The number of hydrogen-bond donors (Lipinski definition) is 2. The van der Waals surface area contributed by atoms with Gasteiger partial charge in [-0.1, -0.05) is 38.3 Å². The second-order valence-corrected chi connectivity index (χ2v) is 9.02. The summed E-state index contributed by atoms with van der Waals surface area (Å²) in [5, 5.41) is 14.7. The van der Waals surface area contributed by atoms with E-state index in [0.717, 1.165) is 10.2 Å². The molecule has 11 heteroatoms. The quantitative estimate of drug-likeness (QED) is 0.467. The molecule has 33 heavy (non-hydrogen) atoms. The lowest BCUT2D eigenvalue weighted by Gasteiger charge is -2.28. The van der Waals surface area contributed by atoms with Gasteiger partial charge in [-0.3, -0.25) is 0 Å². The zero-order valence-corrected chi connectivity index (χ0v) is 19.1. The summed E-state index contributed by atoms with van der Waals surface area (Å²) >= 11 is 0. The van der Waals surface area contributed by atoms with Crippen LogP contribution in [0.25, 0.3) is 27.9 Å². The van der Waals surface area contributed by atoms with E-state index in [4.69, 9.17) is 5.73 Å². The lowest BCUT2D eigenvalue weighted by atomic mass is 9.78. The van der Waals surface area contributed by atoms with Gasteiger partial charge >= 0.3 is 0 Å². The summed E-state index contributed by atoms with van der Waals surface area (Å²) in [6.45, 7) is 4.20. The molecule has 1 aliphatic rings. The minimum absolute atomic E-state index is 0.127. The molecule has 4 aromatic rings. The summed E-state index contributed by atoms with van der Waals surface area (Å²) < 4.78 is 28.1. The maximum absolute atomic E-state index is 12.7. The van der Waals surface area contributed by atoms with Crippen LogP contribution in [0.4, 0.5) is 20.5 Å². The first-order valence-corrected chi connectivity index (χ1v) is 11.1. The Bertz CT molecular complexity index is 1240. The number of aromatic nitrogens is 7. The average Bonchev–Trinajstić information content (AvgIpc) is 3.37. The number of halogens is 2. The molecular formula is C22H29F2N9. The van der Waals surface area contributed by atoms with E-state index in [2.05, 4.69) is 44.5 Å². The van der Waals surface area contributed by atoms with Crippen LogP contribution in [0.1, 0.15) is 46.0 Å². The second kappa shape index (κ2) is 9.24. The zero-order chi connectivity index (χ0) is 23.6. The van der Waals surface area contributed by atoms with E-state index in [9.17, 15) is 8.78 Å². The Labute approximate surface area is 190 Å². The van der Waals surface area contributed by atoms with E-state index >= 15 is 0 Å². The van der Waals surface area contributed by atoms with Crippen molar-refractivity contribution in [3.8, 4) is 11.3 Å². The van der Waals surface area contributed by atoms with Crippen molar-refractivity contribution in [3.63, 3.8) is 0 Å². The molecule has 4 aromatic heterocycles. The van der Waals surface area contributed by atoms with Crippen LogP contribution in [-0.2, 0) is 6.54 Å². The van der Waals surface area contributed by atoms with Crippen LogP contribution in [0.15, 0.2) is 24.4 Å². The predicted octanol–water partition coefficient (Wildman–Crippen LogP) is 4.40. The number of nitrogens with zero attached hydrogens (tertiary/aromatic N) is 7. The maximum Gasteiger partial charge on any atom is 0.258 e. The first-order valence-electron chi connectivity index (χ1n) is 11.1. The molecule has 0 radical (unpaired) electrons. The van der Waals surface area contributed by atoms with Gasteiger partial charge in [-0.25, -0.2) is 23.0 Å². The van der Waals surface area contributed by atoms with Crippen molar-refractivity contribution < 1.29 is 8.78 Å². The van der Waals surface area contributed by atoms with Crippen LogP contribution in [0.5, 0.6) is 0 Å². The fourth-order valence-electron chi connectivity index (χ4n) is 4.19. The normalized spacial score (nSPS) is 15.6. The minimum atomic E-state index is -2.54. The largest absolute Gasteiger partial charge is 0.371 e. The number of anilines is 2. The topological polar surface area (TPSA) is 112 Å². The summed E-state index contributed by atoms with van der Waals surface area (Å²) in [6.07, 6.45) is 6.49. The van der Waals surface area contributed by atoms with Crippen LogP contribution >= 0.6 is 0 Å². The minimum Gasteiger partial charge on any atom is -0.371 e. The molecule has 3 N–H and O–H groups in total. The highest BCUT2D eigenvalue weighted by molar-refractivity contribution is 5.89. The molecule has 0 aromatic carbocycles. The summed E-state index contributed by atoms with van der Waals surface area (Å²) in [6, 6.07) is 5.24. The molecule has 0 unspecified atom stereocenters. The Hall–Kier alpha value is -3.37. The van der Waals surface area contributed by atoms with E-state index in [1.807, 2.05) is 0 Å². The Morgan fingerprint density at radius 1 is 1.12 bits per heavy atom. The first-order chi connectivity index (χ1) is 15.8. The Balaban J connectivity index is 0.000000275. The van der Waals surface area contributed by atoms with E-state index in [0.29, 0.717) is 33.6 Å². The van der Waals surface area contributed by atoms with E-state index in [1.54, 1.807) is 36.0 Å². The van der Waals surface area contributed by atoms with Crippen molar-refractivity contribution >= 4 is 28.4 Å². The molecular weight excluding hydrogens is 428 g/mol. The average molecular weight is 458 g/mol. The van der Waals surface area contributed by atoms with Gasteiger partial charge in [-0.15, -0.1) is 10.2 Å². The fourth-order valence-corrected chi connectivity index (χ4v) is 4.19. The van der Waals surface area contributed by atoms with Gasteiger partial charge in [-0.2, -0.15) is 4.98 Å². The highest BCUT2D eigenvalue weighted by Gasteiger charge is 2.20. The SMILES string of the molecule is CC1(C)CCCCC1.CNc1nc(N)nn2ccc(-c3ccc4nnn(CC(F)F)c4n3)c12. The summed E-state index contributed by atoms with van der Waals surface area (Å²) in [4.78, 5) is 8.62. The van der Waals surface area contributed by atoms with Gasteiger partial charge in [0.25, 0.3) is 6.43 Å². The van der Waals surface area contributed by atoms with Crippen molar-refractivity contribution in [1.29, 1.82) is 0 Å². The Kier molecular flexibility index (Phi) is 6.39. The maximum atomic E-state index is 12.7. The molecule has 0 spiro atoms. The summed E-state index contributed by atoms with van der Waals surface area (Å²) in [7, 11) is 1.72. The van der Waals surface area contributed by atoms with Gasteiger partial charge in [0.05, 0.1) is 5.69 Å². The third-order valence-corrected chi connectivity index (χ3v) is 5.92. The number of alkyl halides is 2. The van der Waals surface area contributed by atoms with Crippen molar-refractivity contribution in [2.45, 2.75) is 58.9 Å². The second-order valence-electron chi connectivity index (χ2n) is 9.02. The lowest BCUT2D eigenvalue weighted by molar-refractivity contribution is 0.122. The Morgan fingerprint density at radius 3 is 2.52 bits per heavy atom. The van der Waals surface area contributed by atoms with E-state index < -0.39 is 13.0 Å². The van der Waals surface area contributed by atoms with Gasteiger partial charge in [0.1, 0.15) is 17.6 Å². The molecule has 0 amide bonds. The van der Waals surface area contributed by atoms with Crippen LogP contribution < -0.4 is 11.1 Å². The molecule has 1 aliphatic carbocycles. The van der Waals surface area contributed by atoms with E-state index in [-0.39, 0.29) is 5.95 Å². The predicted molar refractivity (Wildman–Crippen MR) is 124 cm³/mol. The smallest absolute Gasteiger partial charge is 0.258 e. The van der Waals surface area contributed by atoms with Gasteiger partial charge < -0.3 is 11.1 Å². The number of pyridine rings is 1. The summed E-state index contributed by atoms with van der Waals surface area (Å²) in [5.41, 5.74) is 9.08. The fraction of sp³-hybridized carbons (Fsp3) is 0.500. The van der Waals surface area contributed by atoms with Gasteiger partial charge in [0.15, 0.2) is 11.5 Å². The van der Waals surface area contributed by atoms with Gasteiger partial charge in [-0.05, 0) is 36.5 Å². The number of fused-ring (bicyclic) bond motifs is 2. The molecule has 4 heterocycles. The monoisotopic (exact) mass is 457 g/mol. The number of nitrogens with two attached hydrogens (primary N) is 1. The molecule has 0 saturated heterocycles. The molecule has 5 rings (SSSR count). The molecule has 9 nitrogen and oxygen atoms in total. The van der Waals surface area contributed by atoms with Crippen LogP contribution in [0.3, 0.4) is 0 Å². The number of hydrogen-bond acceptors (Lipinski definition) is 7. The Morgan fingerprint density at radius 2 is 1.88 bits per heavy atom. The highest BCUT2D eigenvalue weighted by Crippen LogP contribution is 2.34. The van der Waals surface area contributed by atoms with Crippen LogP contribution in [0.2, 0.25) is 0 Å². The molecule has 0 atom stereocenters. The molecule has 0 bridgehead atoms. The molecule has 1 fully saturated rings. The number of nitrogen functional groups attached to an aromatic ring is 1. The lowest BCUT2D eigenvalue weighted by Crippen LogP contribution is -2.14. The van der Waals surface area contributed by atoms with E-state index in [1.165, 1.54) is 32.1 Å². The number of nitrogens with one attached hydrogen (secondary N) is 1. The van der Waals surface area contributed by atoms with Crippen molar-refractivity contribution in [2.75, 3.05) is 18.1 Å². The van der Waals surface area contributed by atoms with Gasteiger partial charge in [0.2, 0.25) is 5.95 Å². The van der Waals surface area contributed by atoms with Crippen molar-refractivity contribution in [3.05, 3.63) is 24.4 Å². The molecule has 1 saturated carbocycles. The van der Waals surface area contributed by atoms with Crippen molar-refractivity contribution in [1.82, 2.24) is 34.6 Å². The standard InChI is InChI=1S/C14H13F2N9.C8H16/c1-18-12-11-7(4-5-24(11)22-14(17)20-12)8-2-3-9-13(19-8)25(23-21-9)6-10(15)16;1-8(2)6-4-3-5-7-8/h2-5,10H,6H2,1H3,(H3,17,18,20,22);3-7H2,1-2H3.